The van der Waals surface area contributed by atoms with Gasteiger partial charge in [-0.2, -0.15) is 0 Å². The Morgan fingerprint density at radius 1 is 1.00 bits per heavy atom. The second kappa shape index (κ2) is 13.0. The molecule has 5 aromatic rings. The maximum atomic E-state index is 13.2. The van der Waals surface area contributed by atoms with E-state index < -0.39 is 17.4 Å². The summed E-state index contributed by atoms with van der Waals surface area (Å²) in [4.78, 5) is 39.7. The van der Waals surface area contributed by atoms with Gasteiger partial charge in [-0.3, -0.25) is 13.9 Å². The highest BCUT2D eigenvalue weighted by Crippen LogP contribution is 2.43. The summed E-state index contributed by atoms with van der Waals surface area (Å²) < 4.78 is 13.7. The molecular formula is C36H38ClN7O5. The zero-order chi connectivity index (χ0) is 34.6. The third kappa shape index (κ3) is 5.78. The zero-order valence-electron chi connectivity index (χ0n) is 28.0. The standard InChI is InChI=1S/C36H38ClN7O5/c1-18-21(8-7-11-24(18)41-32-30-33(39-19(2)38-32)43(3)36(47)44(4)35(30)46)22-9-6-10-23(31(22)37)27-16-20-12-13-26(29(20)34(42-27)48-5)40-25-14-15-49-17-28(25)45/h6-11,16,25-26,28,40,45H,12-15,17H2,1-5H3,(H,38,39,41)/t25-,26+,28+/m1/s1. The molecule has 49 heavy (non-hydrogen) atoms. The molecule has 2 aromatic carbocycles. The Balaban J connectivity index is 1.25. The van der Waals surface area contributed by atoms with Crippen molar-refractivity contribution >= 4 is 34.1 Å². The van der Waals surface area contributed by atoms with Crippen molar-refractivity contribution in [2.75, 3.05) is 25.6 Å². The van der Waals surface area contributed by atoms with Gasteiger partial charge in [0.05, 0.1) is 30.5 Å². The Bertz CT molecular complexity index is 2230. The topological polar surface area (TPSA) is 145 Å². The molecule has 3 aromatic heterocycles. The highest BCUT2D eigenvalue weighted by molar-refractivity contribution is 6.36. The molecule has 3 N–H and O–H groups in total. The average Bonchev–Trinajstić information content (AvgIpc) is 3.50. The number of nitrogens with zero attached hydrogens (tertiary/aromatic N) is 5. The van der Waals surface area contributed by atoms with Crippen molar-refractivity contribution in [2.24, 2.45) is 14.1 Å². The van der Waals surface area contributed by atoms with Crippen LogP contribution in [0, 0.1) is 13.8 Å². The molecule has 4 heterocycles. The minimum atomic E-state index is -0.554. The molecule has 1 aliphatic heterocycles. The molecule has 1 saturated heterocycles. The van der Waals surface area contributed by atoms with Crippen LogP contribution in [-0.4, -0.2) is 61.7 Å². The lowest BCUT2D eigenvalue weighted by Crippen LogP contribution is -2.47. The minimum Gasteiger partial charge on any atom is -0.481 e. The fourth-order valence-corrected chi connectivity index (χ4v) is 7.35. The van der Waals surface area contributed by atoms with Crippen molar-refractivity contribution in [3.05, 3.63) is 90.8 Å². The average molecular weight is 684 g/mol. The van der Waals surface area contributed by atoms with Gasteiger partial charge >= 0.3 is 5.69 Å². The van der Waals surface area contributed by atoms with Crippen LogP contribution in [0.1, 0.15) is 41.4 Å². The van der Waals surface area contributed by atoms with E-state index in [4.69, 9.17) is 26.1 Å². The monoisotopic (exact) mass is 683 g/mol. The summed E-state index contributed by atoms with van der Waals surface area (Å²) in [6.45, 7) is 4.65. The van der Waals surface area contributed by atoms with Crippen LogP contribution >= 0.6 is 11.6 Å². The number of fused-ring (bicyclic) bond motifs is 2. The van der Waals surface area contributed by atoms with Gasteiger partial charge in [0, 0.05) is 55.2 Å². The van der Waals surface area contributed by atoms with Gasteiger partial charge < -0.3 is 25.2 Å². The second-order valence-electron chi connectivity index (χ2n) is 12.7. The summed E-state index contributed by atoms with van der Waals surface area (Å²) in [7, 11) is 4.65. The molecule has 0 bridgehead atoms. The van der Waals surface area contributed by atoms with Crippen molar-refractivity contribution in [3.8, 4) is 28.3 Å². The number of halogens is 1. The Hall–Kier alpha value is -4.62. The van der Waals surface area contributed by atoms with Crippen LogP contribution in [0.15, 0.2) is 52.1 Å². The first kappa shape index (κ1) is 32.9. The number of nitrogens with one attached hydrogen (secondary N) is 2. The molecule has 0 radical (unpaired) electrons. The number of ether oxygens (including phenoxy) is 2. The highest BCUT2D eigenvalue weighted by Gasteiger charge is 2.33. The third-order valence-electron chi connectivity index (χ3n) is 9.66. The van der Waals surface area contributed by atoms with Crippen LogP contribution in [0.4, 0.5) is 11.5 Å². The number of hydrogen-bond donors (Lipinski definition) is 3. The van der Waals surface area contributed by atoms with Crippen molar-refractivity contribution in [2.45, 2.75) is 51.3 Å². The number of aryl methyl sites for hydroxylation is 3. The predicted molar refractivity (Wildman–Crippen MR) is 189 cm³/mol. The van der Waals surface area contributed by atoms with E-state index in [2.05, 4.69) is 26.7 Å². The Morgan fingerprint density at radius 3 is 2.53 bits per heavy atom. The minimum absolute atomic E-state index is 0.0183. The molecule has 0 spiro atoms. The predicted octanol–water partition coefficient (Wildman–Crippen LogP) is 4.51. The van der Waals surface area contributed by atoms with Gasteiger partial charge in [-0.25, -0.2) is 19.7 Å². The number of aliphatic hydroxyl groups excluding tert-OH is 1. The maximum Gasteiger partial charge on any atom is 0.332 e. The Morgan fingerprint density at radius 2 is 1.76 bits per heavy atom. The number of methoxy groups -OCH3 is 1. The SMILES string of the molecule is COc1nc(-c2cccc(-c3cccc(Nc4nc(C)nc5c4c(=O)n(C)c(=O)n5C)c3C)c2Cl)cc2c1[C@@H](N[C@@H]1CCOC[C@@H]1O)CC2. The molecule has 12 nitrogen and oxygen atoms in total. The summed E-state index contributed by atoms with van der Waals surface area (Å²) >= 11 is 7.20. The van der Waals surface area contributed by atoms with E-state index in [9.17, 15) is 14.7 Å². The van der Waals surface area contributed by atoms with E-state index >= 15 is 0 Å². The number of anilines is 2. The number of aromatic nitrogens is 5. The van der Waals surface area contributed by atoms with E-state index in [0.29, 0.717) is 41.5 Å². The molecule has 2 aliphatic rings. The maximum absolute atomic E-state index is 13.2. The van der Waals surface area contributed by atoms with Crippen LogP contribution < -0.4 is 26.6 Å². The van der Waals surface area contributed by atoms with Crippen LogP contribution in [0.3, 0.4) is 0 Å². The highest BCUT2D eigenvalue weighted by atomic mass is 35.5. The van der Waals surface area contributed by atoms with Gasteiger partial charge in [0.25, 0.3) is 5.56 Å². The van der Waals surface area contributed by atoms with E-state index in [1.807, 2.05) is 43.3 Å². The lowest BCUT2D eigenvalue weighted by Gasteiger charge is -2.31. The summed E-state index contributed by atoms with van der Waals surface area (Å²) in [6.07, 6.45) is 1.91. The van der Waals surface area contributed by atoms with Crippen LogP contribution in [0.5, 0.6) is 5.88 Å². The molecule has 7 rings (SSSR count). The molecule has 254 valence electrons. The molecule has 1 aliphatic carbocycles. The molecule has 3 atom stereocenters. The number of rotatable bonds is 7. The summed E-state index contributed by atoms with van der Waals surface area (Å²) in [5.74, 6) is 1.28. The number of aliphatic hydroxyl groups is 1. The summed E-state index contributed by atoms with van der Waals surface area (Å²) in [5.41, 5.74) is 6.28. The second-order valence-corrected chi connectivity index (χ2v) is 13.1. The Kier molecular flexibility index (Phi) is 8.74. The quantitative estimate of drug-likeness (QED) is 0.224. The molecule has 1 fully saturated rings. The molecule has 0 amide bonds. The van der Waals surface area contributed by atoms with E-state index in [0.717, 1.165) is 62.9 Å². The largest absolute Gasteiger partial charge is 0.481 e. The first-order valence-corrected chi connectivity index (χ1v) is 16.6. The van der Waals surface area contributed by atoms with Gasteiger partial charge in [0.1, 0.15) is 17.0 Å². The van der Waals surface area contributed by atoms with Gasteiger partial charge in [-0.15, -0.1) is 0 Å². The number of benzene rings is 2. The summed E-state index contributed by atoms with van der Waals surface area (Å²) in [6, 6.07) is 13.8. The molecule has 13 heteroatoms. The van der Waals surface area contributed by atoms with Crippen molar-refractivity contribution < 1.29 is 14.6 Å². The van der Waals surface area contributed by atoms with Crippen LogP contribution in [0.25, 0.3) is 33.4 Å². The van der Waals surface area contributed by atoms with Gasteiger partial charge in [0.15, 0.2) is 5.65 Å². The fraction of sp³-hybridized carbons (Fsp3) is 0.361. The van der Waals surface area contributed by atoms with Crippen LogP contribution in [0.2, 0.25) is 5.02 Å². The van der Waals surface area contributed by atoms with E-state index in [1.54, 1.807) is 21.1 Å². The summed E-state index contributed by atoms with van der Waals surface area (Å²) in [5, 5.41) is 18.2. The Labute approximate surface area is 287 Å². The number of hydrogen-bond acceptors (Lipinski definition) is 10. The van der Waals surface area contributed by atoms with E-state index in [1.165, 1.54) is 11.6 Å². The third-order valence-corrected chi connectivity index (χ3v) is 10.1. The first-order chi connectivity index (χ1) is 23.6. The van der Waals surface area contributed by atoms with Crippen molar-refractivity contribution in [1.82, 2.24) is 29.4 Å². The zero-order valence-corrected chi connectivity index (χ0v) is 28.8. The molecular weight excluding hydrogens is 646 g/mol. The first-order valence-electron chi connectivity index (χ1n) is 16.3. The van der Waals surface area contributed by atoms with Gasteiger partial charge in [-0.05, 0) is 61.9 Å². The lowest BCUT2D eigenvalue weighted by molar-refractivity contribution is -0.0304. The van der Waals surface area contributed by atoms with E-state index in [-0.39, 0.29) is 23.1 Å². The smallest absolute Gasteiger partial charge is 0.332 e. The van der Waals surface area contributed by atoms with Gasteiger partial charge in [0.2, 0.25) is 5.88 Å². The molecule has 0 saturated carbocycles. The van der Waals surface area contributed by atoms with Crippen molar-refractivity contribution in [1.29, 1.82) is 0 Å². The fourth-order valence-electron chi connectivity index (χ4n) is 7.03. The van der Waals surface area contributed by atoms with Crippen LogP contribution in [-0.2, 0) is 25.3 Å². The van der Waals surface area contributed by atoms with Crippen molar-refractivity contribution in [3.63, 3.8) is 0 Å². The normalized spacial score (nSPS) is 18.9. The number of pyridine rings is 1. The lowest BCUT2D eigenvalue weighted by atomic mass is 9.96. The van der Waals surface area contributed by atoms with Gasteiger partial charge in [-0.1, -0.05) is 41.9 Å². The molecule has 0 unspecified atom stereocenters.